The maximum absolute atomic E-state index is 5.86. The number of hydrazine groups is 1. The van der Waals surface area contributed by atoms with E-state index in [-0.39, 0.29) is 5.54 Å². The van der Waals surface area contributed by atoms with Gasteiger partial charge in [0.2, 0.25) is 0 Å². The van der Waals surface area contributed by atoms with Gasteiger partial charge in [-0.25, -0.2) is 0 Å². The highest BCUT2D eigenvalue weighted by Gasteiger charge is 2.41. The van der Waals surface area contributed by atoms with E-state index in [9.17, 15) is 0 Å². The molecule has 0 bridgehead atoms. The molecule has 18 heavy (non-hydrogen) atoms. The highest BCUT2D eigenvalue weighted by molar-refractivity contribution is 5.06. The van der Waals surface area contributed by atoms with Gasteiger partial charge in [-0.05, 0) is 51.6 Å². The van der Waals surface area contributed by atoms with Crippen LogP contribution in [0.4, 0.5) is 0 Å². The van der Waals surface area contributed by atoms with E-state index >= 15 is 0 Å². The standard InChI is InChI=1S/C15H31N3/c1-5-13(4)12-14(17-16)15(6-2,7-3)18-10-8-9-11-18/h14,17H,4-12,16H2,1-3H3. The fourth-order valence-electron chi connectivity index (χ4n) is 3.41. The first-order valence-corrected chi connectivity index (χ1v) is 7.52. The quantitative estimate of drug-likeness (QED) is 0.397. The predicted molar refractivity (Wildman–Crippen MR) is 79.3 cm³/mol. The molecule has 0 aliphatic carbocycles. The minimum atomic E-state index is 0.198. The molecule has 0 spiro atoms. The van der Waals surface area contributed by atoms with Crippen LogP contribution in [0.5, 0.6) is 0 Å². The van der Waals surface area contributed by atoms with Crippen molar-refractivity contribution in [3.8, 4) is 0 Å². The molecule has 1 saturated heterocycles. The van der Waals surface area contributed by atoms with E-state index < -0.39 is 0 Å². The van der Waals surface area contributed by atoms with E-state index in [0.29, 0.717) is 6.04 Å². The van der Waals surface area contributed by atoms with Crippen molar-refractivity contribution in [1.82, 2.24) is 10.3 Å². The first kappa shape index (κ1) is 15.7. The van der Waals surface area contributed by atoms with Gasteiger partial charge in [0.15, 0.2) is 0 Å². The Balaban J connectivity index is 2.87. The molecule has 0 amide bonds. The van der Waals surface area contributed by atoms with Gasteiger partial charge in [0.25, 0.3) is 0 Å². The molecular formula is C15H31N3. The molecule has 1 unspecified atom stereocenters. The second-order valence-electron chi connectivity index (χ2n) is 5.53. The van der Waals surface area contributed by atoms with Crippen molar-refractivity contribution in [3.63, 3.8) is 0 Å². The van der Waals surface area contributed by atoms with Crippen molar-refractivity contribution in [3.05, 3.63) is 12.2 Å². The van der Waals surface area contributed by atoms with Crippen LogP contribution in [0.15, 0.2) is 12.2 Å². The second-order valence-corrected chi connectivity index (χ2v) is 5.53. The van der Waals surface area contributed by atoms with Crippen LogP contribution in [0.25, 0.3) is 0 Å². The van der Waals surface area contributed by atoms with Gasteiger partial charge < -0.3 is 0 Å². The fourth-order valence-corrected chi connectivity index (χ4v) is 3.41. The lowest BCUT2D eigenvalue weighted by atomic mass is 9.80. The van der Waals surface area contributed by atoms with E-state index in [2.05, 4.69) is 37.7 Å². The van der Waals surface area contributed by atoms with Crippen molar-refractivity contribution in [1.29, 1.82) is 0 Å². The monoisotopic (exact) mass is 253 g/mol. The maximum atomic E-state index is 5.86. The molecule has 3 nitrogen and oxygen atoms in total. The molecule has 3 N–H and O–H groups in total. The Labute approximate surface area is 113 Å². The van der Waals surface area contributed by atoms with Gasteiger partial charge in [0, 0.05) is 11.6 Å². The Bertz CT molecular complexity index is 252. The number of nitrogens with one attached hydrogen (secondary N) is 1. The minimum Gasteiger partial charge on any atom is -0.296 e. The Hall–Kier alpha value is -0.380. The number of hydrogen-bond acceptors (Lipinski definition) is 3. The third kappa shape index (κ3) is 3.14. The lowest BCUT2D eigenvalue weighted by Crippen LogP contribution is -2.61. The molecule has 106 valence electrons. The third-order valence-electron chi connectivity index (χ3n) is 4.80. The topological polar surface area (TPSA) is 41.3 Å². The summed E-state index contributed by atoms with van der Waals surface area (Å²) in [6.07, 6.45) is 6.99. The summed E-state index contributed by atoms with van der Waals surface area (Å²) in [4.78, 5) is 2.65. The highest BCUT2D eigenvalue weighted by Crippen LogP contribution is 2.33. The van der Waals surface area contributed by atoms with Crippen molar-refractivity contribution in [2.75, 3.05) is 13.1 Å². The fraction of sp³-hybridized carbons (Fsp3) is 0.867. The molecule has 0 aromatic heterocycles. The summed E-state index contributed by atoms with van der Waals surface area (Å²) in [6.45, 7) is 13.4. The van der Waals surface area contributed by atoms with E-state index in [1.54, 1.807) is 0 Å². The summed E-state index contributed by atoms with van der Waals surface area (Å²) in [5.74, 6) is 5.86. The van der Waals surface area contributed by atoms with Crippen LogP contribution in [0, 0.1) is 0 Å². The Kier molecular flexibility index (Phi) is 6.33. The molecule has 3 heteroatoms. The SMILES string of the molecule is C=C(CC)CC(NN)C(CC)(CC)N1CCCC1. The molecule has 1 atom stereocenters. The average molecular weight is 253 g/mol. The van der Waals surface area contributed by atoms with Crippen LogP contribution in [-0.4, -0.2) is 29.6 Å². The van der Waals surface area contributed by atoms with Crippen LogP contribution in [0.3, 0.4) is 0 Å². The third-order valence-corrected chi connectivity index (χ3v) is 4.80. The number of hydrogen-bond donors (Lipinski definition) is 2. The molecule has 0 radical (unpaired) electrons. The van der Waals surface area contributed by atoms with Crippen molar-refractivity contribution >= 4 is 0 Å². The highest BCUT2D eigenvalue weighted by atomic mass is 15.3. The summed E-state index contributed by atoms with van der Waals surface area (Å²) in [6, 6.07) is 0.318. The molecule has 1 fully saturated rings. The lowest BCUT2D eigenvalue weighted by molar-refractivity contribution is 0.0618. The summed E-state index contributed by atoms with van der Waals surface area (Å²) in [5.41, 5.74) is 4.58. The van der Waals surface area contributed by atoms with Gasteiger partial charge in [0.05, 0.1) is 0 Å². The van der Waals surface area contributed by atoms with Gasteiger partial charge in [-0.2, -0.15) is 0 Å². The van der Waals surface area contributed by atoms with Crippen LogP contribution in [0.2, 0.25) is 0 Å². The molecule has 1 rings (SSSR count). The Morgan fingerprint density at radius 1 is 1.28 bits per heavy atom. The zero-order chi connectivity index (χ0) is 13.6. The molecule has 1 aliphatic rings. The van der Waals surface area contributed by atoms with E-state index in [1.807, 2.05) is 0 Å². The zero-order valence-electron chi connectivity index (χ0n) is 12.5. The van der Waals surface area contributed by atoms with Gasteiger partial charge >= 0.3 is 0 Å². The molecule has 1 heterocycles. The number of rotatable bonds is 8. The summed E-state index contributed by atoms with van der Waals surface area (Å²) in [5, 5.41) is 0. The molecule has 0 aromatic rings. The van der Waals surface area contributed by atoms with E-state index in [0.717, 1.165) is 25.7 Å². The molecule has 0 saturated carbocycles. The second kappa shape index (κ2) is 7.27. The van der Waals surface area contributed by atoms with Crippen LogP contribution < -0.4 is 11.3 Å². The Morgan fingerprint density at radius 2 is 1.83 bits per heavy atom. The van der Waals surface area contributed by atoms with Gasteiger partial charge in [-0.15, -0.1) is 0 Å². The van der Waals surface area contributed by atoms with Crippen LogP contribution in [-0.2, 0) is 0 Å². The smallest absolute Gasteiger partial charge is 0.0431 e. The maximum Gasteiger partial charge on any atom is 0.0431 e. The van der Waals surface area contributed by atoms with Crippen molar-refractivity contribution in [2.45, 2.75) is 70.9 Å². The van der Waals surface area contributed by atoms with Crippen molar-refractivity contribution < 1.29 is 0 Å². The molecular weight excluding hydrogens is 222 g/mol. The predicted octanol–water partition coefficient (Wildman–Crippen LogP) is 2.83. The van der Waals surface area contributed by atoms with Gasteiger partial charge in [-0.3, -0.25) is 16.2 Å². The Morgan fingerprint density at radius 3 is 2.22 bits per heavy atom. The number of likely N-dealkylation sites (tertiary alicyclic amines) is 1. The minimum absolute atomic E-state index is 0.198. The summed E-state index contributed by atoms with van der Waals surface area (Å²) < 4.78 is 0. The number of nitrogens with zero attached hydrogens (tertiary/aromatic N) is 1. The summed E-state index contributed by atoms with van der Waals surface area (Å²) in [7, 11) is 0. The van der Waals surface area contributed by atoms with Gasteiger partial charge in [0.1, 0.15) is 0 Å². The summed E-state index contributed by atoms with van der Waals surface area (Å²) >= 11 is 0. The first-order chi connectivity index (χ1) is 8.64. The van der Waals surface area contributed by atoms with Gasteiger partial charge in [-0.1, -0.05) is 32.9 Å². The average Bonchev–Trinajstić information content (AvgIpc) is 2.93. The molecule has 1 aliphatic heterocycles. The van der Waals surface area contributed by atoms with Crippen molar-refractivity contribution in [2.24, 2.45) is 5.84 Å². The largest absolute Gasteiger partial charge is 0.296 e. The number of nitrogens with two attached hydrogens (primary N) is 1. The lowest BCUT2D eigenvalue weighted by Gasteiger charge is -2.47. The van der Waals surface area contributed by atoms with Crippen LogP contribution >= 0.6 is 0 Å². The van der Waals surface area contributed by atoms with Crippen LogP contribution in [0.1, 0.15) is 59.3 Å². The van der Waals surface area contributed by atoms with E-state index in [1.165, 1.54) is 31.5 Å². The molecule has 0 aromatic carbocycles. The normalized spacial score (nSPS) is 19.1. The first-order valence-electron chi connectivity index (χ1n) is 7.52. The zero-order valence-corrected chi connectivity index (χ0v) is 12.5. The van der Waals surface area contributed by atoms with E-state index in [4.69, 9.17) is 5.84 Å².